The Morgan fingerprint density at radius 3 is 2.96 bits per heavy atom. The van der Waals surface area contributed by atoms with Crippen molar-refractivity contribution in [1.29, 1.82) is 0 Å². The van der Waals surface area contributed by atoms with Crippen molar-refractivity contribution in [1.82, 2.24) is 20.2 Å². The zero-order valence-electron chi connectivity index (χ0n) is 15.4. The highest BCUT2D eigenvalue weighted by Gasteiger charge is 2.21. The van der Waals surface area contributed by atoms with Crippen LogP contribution in [0.1, 0.15) is 37.1 Å². The van der Waals surface area contributed by atoms with Crippen molar-refractivity contribution >= 4 is 44.0 Å². The molecule has 3 heterocycles. The van der Waals surface area contributed by atoms with Crippen LogP contribution in [0.3, 0.4) is 0 Å². The summed E-state index contributed by atoms with van der Waals surface area (Å²) in [6, 6.07) is 4.05. The number of aryl methyl sites for hydroxylation is 2. The molecule has 0 bridgehead atoms. The van der Waals surface area contributed by atoms with Gasteiger partial charge in [-0.3, -0.25) is 5.10 Å². The van der Waals surface area contributed by atoms with E-state index in [1.165, 1.54) is 28.7 Å². The Morgan fingerprint density at radius 2 is 2.07 bits per heavy atom. The molecule has 4 aromatic rings. The van der Waals surface area contributed by atoms with E-state index >= 15 is 0 Å². The summed E-state index contributed by atoms with van der Waals surface area (Å²) in [4.78, 5) is 11.6. The lowest BCUT2D eigenvalue weighted by atomic mass is 9.97. The smallest absolute Gasteiger partial charge is 0.145 e. The Hall–Kier alpha value is -2.67. The topological polar surface area (TPSA) is 75.7 Å². The Labute approximate surface area is 161 Å². The minimum absolute atomic E-state index is 0.0743. The average Bonchev–Trinajstić information content (AvgIpc) is 3.25. The lowest BCUT2D eigenvalue weighted by Gasteiger charge is -2.17. The molecule has 7 heteroatoms. The fourth-order valence-corrected chi connectivity index (χ4v) is 4.96. The Bertz CT molecular complexity index is 1130. The van der Waals surface area contributed by atoms with E-state index in [2.05, 4.69) is 31.5 Å². The standard InChI is InChI=1S/C20H21N5OS/c1-11(2)26-16-8-14-12(9-23-25-14)7-15(16)24-19-18-13-5-3-4-6-17(13)27-20(18)22-10-21-19/h7-11H,3-6H2,1-2H3,(H,23,25)(H,21,22,24). The summed E-state index contributed by atoms with van der Waals surface area (Å²) in [6.45, 7) is 4.05. The third-order valence-electron chi connectivity index (χ3n) is 4.91. The number of rotatable bonds is 4. The first kappa shape index (κ1) is 16.5. The van der Waals surface area contributed by atoms with Crippen LogP contribution >= 0.6 is 11.3 Å². The third kappa shape index (κ3) is 2.92. The van der Waals surface area contributed by atoms with E-state index in [4.69, 9.17) is 4.74 Å². The minimum atomic E-state index is 0.0743. The molecule has 0 aliphatic heterocycles. The van der Waals surface area contributed by atoms with Gasteiger partial charge in [-0.2, -0.15) is 5.10 Å². The van der Waals surface area contributed by atoms with Gasteiger partial charge in [-0.15, -0.1) is 11.3 Å². The number of nitrogens with zero attached hydrogens (tertiary/aromatic N) is 3. The molecule has 1 aliphatic carbocycles. The SMILES string of the molecule is CC(C)Oc1cc2[nH]ncc2cc1Nc1ncnc2sc3c(c12)CCCC3. The van der Waals surface area contributed by atoms with Gasteiger partial charge in [0.05, 0.1) is 28.9 Å². The highest BCUT2D eigenvalue weighted by molar-refractivity contribution is 7.19. The maximum absolute atomic E-state index is 6.05. The van der Waals surface area contributed by atoms with E-state index in [1.807, 2.05) is 26.1 Å². The molecule has 1 aromatic carbocycles. The molecule has 3 aromatic heterocycles. The van der Waals surface area contributed by atoms with Crippen molar-refractivity contribution in [2.75, 3.05) is 5.32 Å². The molecule has 27 heavy (non-hydrogen) atoms. The summed E-state index contributed by atoms with van der Waals surface area (Å²) in [5, 5.41) is 12.9. The number of aromatic nitrogens is 4. The number of H-pyrrole nitrogens is 1. The maximum Gasteiger partial charge on any atom is 0.145 e. The summed E-state index contributed by atoms with van der Waals surface area (Å²) < 4.78 is 6.05. The van der Waals surface area contributed by atoms with Gasteiger partial charge in [-0.25, -0.2) is 9.97 Å². The molecular weight excluding hydrogens is 358 g/mol. The van der Waals surface area contributed by atoms with Crippen LogP contribution in [-0.2, 0) is 12.8 Å². The summed E-state index contributed by atoms with van der Waals surface area (Å²) in [7, 11) is 0. The van der Waals surface area contributed by atoms with Crippen molar-refractivity contribution in [2.24, 2.45) is 0 Å². The molecule has 0 radical (unpaired) electrons. The number of benzene rings is 1. The van der Waals surface area contributed by atoms with Crippen LogP contribution in [0.2, 0.25) is 0 Å². The highest BCUT2D eigenvalue weighted by atomic mass is 32.1. The van der Waals surface area contributed by atoms with Crippen LogP contribution in [0.15, 0.2) is 24.7 Å². The molecule has 0 amide bonds. The number of nitrogens with one attached hydrogen (secondary N) is 2. The van der Waals surface area contributed by atoms with Crippen LogP contribution in [-0.4, -0.2) is 26.3 Å². The number of hydrogen-bond acceptors (Lipinski definition) is 6. The monoisotopic (exact) mass is 379 g/mol. The molecular formula is C20H21N5OS. The van der Waals surface area contributed by atoms with Crippen LogP contribution < -0.4 is 10.1 Å². The lowest BCUT2D eigenvalue weighted by Crippen LogP contribution is -2.08. The van der Waals surface area contributed by atoms with E-state index in [1.54, 1.807) is 17.7 Å². The lowest BCUT2D eigenvalue weighted by molar-refractivity contribution is 0.244. The van der Waals surface area contributed by atoms with Crippen molar-refractivity contribution in [3.05, 3.63) is 35.1 Å². The molecule has 0 fully saturated rings. The first-order valence-electron chi connectivity index (χ1n) is 9.35. The molecule has 0 unspecified atom stereocenters. The zero-order valence-corrected chi connectivity index (χ0v) is 16.2. The van der Waals surface area contributed by atoms with Gasteiger partial charge in [-0.05, 0) is 51.2 Å². The van der Waals surface area contributed by atoms with E-state index < -0.39 is 0 Å². The van der Waals surface area contributed by atoms with Gasteiger partial charge in [0, 0.05) is 16.3 Å². The van der Waals surface area contributed by atoms with Crippen molar-refractivity contribution < 1.29 is 4.74 Å². The van der Waals surface area contributed by atoms with E-state index in [0.29, 0.717) is 0 Å². The van der Waals surface area contributed by atoms with E-state index in [-0.39, 0.29) is 6.10 Å². The average molecular weight is 379 g/mol. The molecule has 6 nitrogen and oxygen atoms in total. The molecule has 138 valence electrons. The van der Waals surface area contributed by atoms with Gasteiger partial charge >= 0.3 is 0 Å². The number of anilines is 2. The molecule has 0 saturated carbocycles. The summed E-state index contributed by atoms with van der Waals surface area (Å²) >= 11 is 1.81. The molecule has 0 saturated heterocycles. The second-order valence-corrected chi connectivity index (χ2v) is 8.29. The number of aromatic amines is 1. The van der Waals surface area contributed by atoms with Crippen LogP contribution in [0.25, 0.3) is 21.1 Å². The van der Waals surface area contributed by atoms with Crippen molar-refractivity contribution in [3.63, 3.8) is 0 Å². The first-order chi connectivity index (χ1) is 13.2. The first-order valence-corrected chi connectivity index (χ1v) is 10.2. The van der Waals surface area contributed by atoms with E-state index in [9.17, 15) is 0 Å². The van der Waals surface area contributed by atoms with Crippen LogP contribution in [0.5, 0.6) is 5.75 Å². The third-order valence-corrected chi connectivity index (χ3v) is 6.11. The quantitative estimate of drug-likeness (QED) is 0.523. The second kappa shape index (κ2) is 6.49. The van der Waals surface area contributed by atoms with Gasteiger partial charge in [0.1, 0.15) is 22.7 Å². The molecule has 2 N–H and O–H groups in total. The fourth-order valence-electron chi connectivity index (χ4n) is 3.73. The predicted octanol–water partition coefficient (Wildman–Crippen LogP) is 4.98. The molecule has 0 atom stereocenters. The largest absolute Gasteiger partial charge is 0.489 e. The highest BCUT2D eigenvalue weighted by Crippen LogP contribution is 2.40. The van der Waals surface area contributed by atoms with Crippen molar-refractivity contribution in [2.45, 2.75) is 45.6 Å². The van der Waals surface area contributed by atoms with Gasteiger partial charge < -0.3 is 10.1 Å². The van der Waals surface area contributed by atoms with Gasteiger partial charge in [-0.1, -0.05) is 0 Å². The van der Waals surface area contributed by atoms with Crippen LogP contribution in [0, 0.1) is 0 Å². The molecule has 1 aliphatic rings. The minimum Gasteiger partial charge on any atom is -0.489 e. The second-order valence-electron chi connectivity index (χ2n) is 7.21. The summed E-state index contributed by atoms with van der Waals surface area (Å²) in [6.07, 6.45) is 8.29. The van der Waals surface area contributed by atoms with Crippen LogP contribution in [0.4, 0.5) is 11.5 Å². The normalized spacial score (nSPS) is 14.0. The number of hydrogen-bond donors (Lipinski definition) is 2. The Morgan fingerprint density at radius 1 is 1.19 bits per heavy atom. The fraction of sp³-hybridized carbons (Fsp3) is 0.350. The summed E-state index contributed by atoms with van der Waals surface area (Å²) in [5.74, 6) is 1.65. The van der Waals surface area contributed by atoms with E-state index in [0.717, 1.165) is 45.8 Å². The Balaban J connectivity index is 1.63. The number of ether oxygens (including phenoxy) is 1. The Kier molecular flexibility index (Phi) is 3.97. The molecule has 5 rings (SSSR count). The zero-order chi connectivity index (χ0) is 18.4. The number of fused-ring (bicyclic) bond motifs is 4. The molecule has 0 spiro atoms. The summed E-state index contributed by atoms with van der Waals surface area (Å²) in [5.41, 5.74) is 3.27. The van der Waals surface area contributed by atoms with Gasteiger partial charge in [0.2, 0.25) is 0 Å². The van der Waals surface area contributed by atoms with Gasteiger partial charge in [0.25, 0.3) is 0 Å². The van der Waals surface area contributed by atoms with Crippen molar-refractivity contribution in [3.8, 4) is 5.75 Å². The predicted molar refractivity (Wildman–Crippen MR) is 109 cm³/mol. The maximum atomic E-state index is 6.05. The number of thiophene rings is 1. The van der Waals surface area contributed by atoms with Gasteiger partial charge in [0.15, 0.2) is 0 Å².